The summed E-state index contributed by atoms with van der Waals surface area (Å²) in [5.74, 6) is 0.898. The Morgan fingerprint density at radius 3 is 2.63 bits per heavy atom. The number of hydrogen-bond donors (Lipinski definition) is 0. The molecule has 0 aromatic heterocycles. The normalized spacial score (nSPS) is 10.8. The van der Waals surface area contributed by atoms with Crippen LogP contribution in [0.1, 0.15) is 24.5 Å². The average molecular weight is 253 g/mol. The zero-order valence-corrected chi connectivity index (χ0v) is 11.5. The fourth-order valence-corrected chi connectivity index (χ4v) is 1.68. The molecule has 0 unspecified atom stereocenters. The predicted octanol–water partition coefficient (Wildman–Crippen LogP) is 4.53. The fourth-order valence-electron chi connectivity index (χ4n) is 1.68. The molecule has 0 aliphatic rings. The molecule has 0 bridgehead atoms. The molecular formula is C17H19NO. The minimum atomic E-state index is 0.749. The molecular weight excluding hydrogens is 234 g/mol. The molecule has 0 fully saturated rings. The van der Waals surface area contributed by atoms with Crippen molar-refractivity contribution in [2.45, 2.75) is 20.3 Å². The van der Waals surface area contributed by atoms with Gasteiger partial charge in [-0.15, -0.1) is 0 Å². The first-order valence-electron chi connectivity index (χ1n) is 6.61. The minimum absolute atomic E-state index is 0.749. The van der Waals surface area contributed by atoms with Crippen LogP contribution in [0.3, 0.4) is 0 Å². The van der Waals surface area contributed by atoms with Crippen LogP contribution in [0.4, 0.5) is 5.69 Å². The molecule has 0 heterocycles. The average Bonchev–Trinajstić information content (AvgIpc) is 2.45. The van der Waals surface area contributed by atoms with Crippen LogP contribution in [0.15, 0.2) is 53.5 Å². The highest BCUT2D eigenvalue weighted by molar-refractivity contribution is 5.82. The zero-order valence-electron chi connectivity index (χ0n) is 11.5. The van der Waals surface area contributed by atoms with Gasteiger partial charge in [-0.25, -0.2) is 0 Å². The maximum atomic E-state index is 5.60. The largest absolute Gasteiger partial charge is 0.494 e. The first kappa shape index (κ1) is 13.3. The van der Waals surface area contributed by atoms with E-state index in [9.17, 15) is 0 Å². The summed E-state index contributed by atoms with van der Waals surface area (Å²) in [7, 11) is 0. The molecule has 19 heavy (non-hydrogen) atoms. The molecule has 2 aromatic carbocycles. The van der Waals surface area contributed by atoms with E-state index in [0.717, 1.165) is 30.0 Å². The first-order chi connectivity index (χ1) is 9.28. The van der Waals surface area contributed by atoms with Crippen molar-refractivity contribution in [3.8, 4) is 5.75 Å². The minimum Gasteiger partial charge on any atom is -0.494 e. The van der Waals surface area contributed by atoms with Crippen molar-refractivity contribution < 1.29 is 4.74 Å². The molecule has 0 atom stereocenters. The van der Waals surface area contributed by atoms with E-state index in [4.69, 9.17) is 4.74 Å². The number of rotatable bonds is 5. The molecule has 98 valence electrons. The van der Waals surface area contributed by atoms with E-state index in [2.05, 4.69) is 31.0 Å². The lowest BCUT2D eigenvalue weighted by Crippen LogP contribution is -1.95. The van der Waals surface area contributed by atoms with E-state index in [0.29, 0.717) is 0 Å². The Morgan fingerprint density at radius 2 is 1.89 bits per heavy atom. The lowest BCUT2D eigenvalue weighted by Gasteiger charge is -2.04. The van der Waals surface area contributed by atoms with Crippen LogP contribution in [0, 0.1) is 6.92 Å². The van der Waals surface area contributed by atoms with Gasteiger partial charge in [-0.05, 0) is 43.2 Å². The lowest BCUT2D eigenvalue weighted by atomic mass is 10.2. The van der Waals surface area contributed by atoms with Crippen LogP contribution in [0.25, 0.3) is 0 Å². The Morgan fingerprint density at radius 1 is 1.11 bits per heavy atom. The van der Waals surface area contributed by atoms with Crippen LogP contribution >= 0.6 is 0 Å². The van der Waals surface area contributed by atoms with Gasteiger partial charge in [0.1, 0.15) is 5.75 Å². The quantitative estimate of drug-likeness (QED) is 0.717. The molecule has 2 heteroatoms. The van der Waals surface area contributed by atoms with E-state index in [1.807, 2.05) is 42.6 Å². The number of aliphatic imine (C=N–C) groups is 1. The third-order valence-corrected chi connectivity index (χ3v) is 2.73. The Bertz CT molecular complexity index is 543. The van der Waals surface area contributed by atoms with Crippen LogP contribution < -0.4 is 4.74 Å². The summed E-state index contributed by atoms with van der Waals surface area (Å²) in [5, 5.41) is 0. The second-order valence-corrected chi connectivity index (χ2v) is 4.51. The summed E-state index contributed by atoms with van der Waals surface area (Å²) >= 11 is 0. The molecule has 2 rings (SSSR count). The predicted molar refractivity (Wildman–Crippen MR) is 80.7 cm³/mol. The molecule has 0 aliphatic heterocycles. The van der Waals surface area contributed by atoms with E-state index < -0.39 is 0 Å². The Hall–Kier alpha value is -2.09. The molecule has 0 saturated heterocycles. The van der Waals surface area contributed by atoms with Crippen LogP contribution in [-0.4, -0.2) is 12.8 Å². The number of nitrogens with zero attached hydrogens (tertiary/aromatic N) is 1. The summed E-state index contributed by atoms with van der Waals surface area (Å²) < 4.78 is 5.60. The summed E-state index contributed by atoms with van der Waals surface area (Å²) in [6.07, 6.45) is 2.88. The van der Waals surface area contributed by atoms with Crippen LogP contribution in [0.2, 0.25) is 0 Å². The highest BCUT2D eigenvalue weighted by atomic mass is 16.5. The van der Waals surface area contributed by atoms with Gasteiger partial charge in [0.2, 0.25) is 0 Å². The second kappa shape index (κ2) is 6.74. The van der Waals surface area contributed by atoms with Gasteiger partial charge in [-0.1, -0.05) is 36.8 Å². The molecule has 0 saturated carbocycles. The standard InChI is InChI=1S/C17H19NO/c1-3-11-19-17-6-4-5-15(12-17)13-18-16-9-7-14(2)8-10-16/h4-10,12-13H,3,11H2,1-2H3. The van der Waals surface area contributed by atoms with Crippen molar-refractivity contribution in [2.24, 2.45) is 4.99 Å². The van der Waals surface area contributed by atoms with Crippen molar-refractivity contribution in [2.75, 3.05) is 6.61 Å². The number of ether oxygens (including phenoxy) is 1. The molecule has 0 aliphatic carbocycles. The van der Waals surface area contributed by atoms with E-state index in [1.54, 1.807) is 0 Å². The van der Waals surface area contributed by atoms with Gasteiger partial charge >= 0.3 is 0 Å². The molecule has 0 spiro atoms. The van der Waals surface area contributed by atoms with Gasteiger partial charge in [0.05, 0.1) is 12.3 Å². The van der Waals surface area contributed by atoms with Crippen molar-refractivity contribution >= 4 is 11.9 Å². The van der Waals surface area contributed by atoms with E-state index in [1.165, 1.54) is 5.56 Å². The van der Waals surface area contributed by atoms with Crippen LogP contribution in [-0.2, 0) is 0 Å². The van der Waals surface area contributed by atoms with Crippen molar-refractivity contribution in [1.29, 1.82) is 0 Å². The number of hydrogen-bond acceptors (Lipinski definition) is 2. The maximum absolute atomic E-state index is 5.60. The maximum Gasteiger partial charge on any atom is 0.119 e. The smallest absolute Gasteiger partial charge is 0.119 e. The second-order valence-electron chi connectivity index (χ2n) is 4.51. The van der Waals surface area contributed by atoms with Gasteiger partial charge in [-0.3, -0.25) is 4.99 Å². The topological polar surface area (TPSA) is 21.6 Å². The van der Waals surface area contributed by atoms with E-state index in [-0.39, 0.29) is 0 Å². The van der Waals surface area contributed by atoms with Crippen molar-refractivity contribution in [3.05, 3.63) is 59.7 Å². The van der Waals surface area contributed by atoms with Gasteiger partial charge in [-0.2, -0.15) is 0 Å². The Kier molecular flexibility index (Phi) is 4.73. The Labute approximate surface area is 114 Å². The Balaban J connectivity index is 2.07. The number of aryl methyl sites for hydroxylation is 1. The zero-order chi connectivity index (χ0) is 13.5. The lowest BCUT2D eigenvalue weighted by molar-refractivity contribution is 0.317. The highest BCUT2D eigenvalue weighted by Crippen LogP contribution is 2.15. The van der Waals surface area contributed by atoms with Crippen molar-refractivity contribution in [1.82, 2.24) is 0 Å². The van der Waals surface area contributed by atoms with Gasteiger partial charge in [0.25, 0.3) is 0 Å². The highest BCUT2D eigenvalue weighted by Gasteiger charge is 1.94. The summed E-state index contributed by atoms with van der Waals surface area (Å²) in [4.78, 5) is 4.46. The summed E-state index contributed by atoms with van der Waals surface area (Å²) in [6.45, 7) is 4.92. The van der Waals surface area contributed by atoms with Gasteiger partial charge in [0, 0.05) is 6.21 Å². The molecule has 0 N–H and O–H groups in total. The van der Waals surface area contributed by atoms with Crippen molar-refractivity contribution in [3.63, 3.8) is 0 Å². The molecule has 2 nitrogen and oxygen atoms in total. The fraction of sp³-hybridized carbons (Fsp3) is 0.235. The summed E-state index contributed by atoms with van der Waals surface area (Å²) in [5.41, 5.74) is 3.26. The molecule has 0 radical (unpaired) electrons. The monoisotopic (exact) mass is 253 g/mol. The summed E-state index contributed by atoms with van der Waals surface area (Å²) in [6, 6.07) is 16.2. The molecule has 0 amide bonds. The third-order valence-electron chi connectivity index (χ3n) is 2.73. The number of benzene rings is 2. The first-order valence-corrected chi connectivity index (χ1v) is 6.61. The van der Waals surface area contributed by atoms with Crippen LogP contribution in [0.5, 0.6) is 5.75 Å². The third kappa shape index (κ3) is 4.25. The SMILES string of the molecule is CCCOc1cccc(C=Nc2ccc(C)cc2)c1. The van der Waals surface area contributed by atoms with Gasteiger partial charge in [0.15, 0.2) is 0 Å². The van der Waals surface area contributed by atoms with E-state index >= 15 is 0 Å². The molecule has 2 aromatic rings. The van der Waals surface area contributed by atoms with Gasteiger partial charge < -0.3 is 4.74 Å².